The summed E-state index contributed by atoms with van der Waals surface area (Å²) in [6.45, 7) is 0.132. The minimum atomic E-state index is -0.199. The first-order valence-electron chi connectivity index (χ1n) is 4.70. The lowest BCUT2D eigenvalue weighted by Gasteiger charge is -2.03. The van der Waals surface area contributed by atoms with Crippen LogP contribution in [0.3, 0.4) is 0 Å². The van der Waals surface area contributed by atoms with Crippen molar-refractivity contribution in [2.75, 3.05) is 0 Å². The fourth-order valence-corrected chi connectivity index (χ4v) is 1.37. The van der Waals surface area contributed by atoms with Gasteiger partial charge in [-0.15, -0.1) is 0 Å². The number of benzene rings is 1. The molecule has 0 fully saturated rings. The topological polar surface area (TPSA) is 64.3 Å². The number of carbonyl (C=O) groups is 1. The molecule has 0 amide bonds. The number of rotatable bonds is 4. The molecule has 0 saturated heterocycles. The van der Waals surface area contributed by atoms with Gasteiger partial charge in [0.2, 0.25) is 5.88 Å². The van der Waals surface area contributed by atoms with Gasteiger partial charge in [0.1, 0.15) is 0 Å². The Hall–Kier alpha value is -2.14. The minimum absolute atomic E-state index is 0.199. The summed E-state index contributed by atoms with van der Waals surface area (Å²) < 4.78 is 6.24. The van der Waals surface area contributed by atoms with E-state index in [9.17, 15) is 4.79 Å². The maximum Gasteiger partial charge on any atom is 0.299 e. The molecule has 0 radical (unpaired) electrons. The number of nitrogens with zero attached hydrogens (tertiary/aromatic N) is 2. The normalized spacial score (nSPS) is 10.1. The molecule has 0 bridgehead atoms. The smallest absolute Gasteiger partial charge is 0.299 e. The lowest BCUT2D eigenvalue weighted by Crippen LogP contribution is -2.01. The molecule has 1 aromatic carbocycles. The standard InChI is InChI=1S/C11H10N2O3/c14-7-9-6-11(16-8-15)13(12-9)10-4-2-1-3-5-10/h1-6,8,14H,7H2. The molecule has 0 saturated carbocycles. The zero-order valence-electron chi connectivity index (χ0n) is 8.41. The van der Waals surface area contributed by atoms with Crippen molar-refractivity contribution in [2.45, 2.75) is 6.61 Å². The first-order chi connectivity index (χ1) is 7.85. The molecule has 5 nitrogen and oxygen atoms in total. The third-order valence-corrected chi connectivity index (χ3v) is 2.06. The molecule has 0 aliphatic carbocycles. The zero-order valence-corrected chi connectivity index (χ0v) is 8.41. The van der Waals surface area contributed by atoms with Crippen LogP contribution >= 0.6 is 0 Å². The second-order valence-corrected chi connectivity index (χ2v) is 3.09. The van der Waals surface area contributed by atoms with E-state index < -0.39 is 0 Å². The number of hydrogen-bond donors (Lipinski definition) is 1. The van der Waals surface area contributed by atoms with E-state index in [0.29, 0.717) is 12.2 Å². The summed E-state index contributed by atoms with van der Waals surface area (Å²) >= 11 is 0. The second-order valence-electron chi connectivity index (χ2n) is 3.09. The largest absolute Gasteiger partial charge is 0.410 e. The van der Waals surface area contributed by atoms with E-state index in [1.165, 1.54) is 10.7 Å². The quantitative estimate of drug-likeness (QED) is 0.774. The summed E-state index contributed by atoms with van der Waals surface area (Å²) in [5.41, 5.74) is 1.21. The van der Waals surface area contributed by atoms with E-state index in [1.54, 1.807) is 0 Å². The number of para-hydroxylation sites is 1. The summed E-state index contributed by atoms with van der Waals surface area (Å²) in [5.74, 6) is 0.283. The number of aliphatic hydroxyl groups is 1. The highest BCUT2D eigenvalue weighted by Crippen LogP contribution is 2.18. The maximum absolute atomic E-state index is 10.3. The zero-order chi connectivity index (χ0) is 11.4. The lowest BCUT2D eigenvalue weighted by atomic mass is 10.3. The van der Waals surface area contributed by atoms with Crippen molar-refractivity contribution in [3.8, 4) is 11.6 Å². The Bertz CT molecular complexity index is 479. The molecule has 0 spiro atoms. The van der Waals surface area contributed by atoms with Crippen molar-refractivity contribution < 1.29 is 14.6 Å². The molecule has 1 heterocycles. The van der Waals surface area contributed by atoms with Gasteiger partial charge in [0, 0.05) is 6.07 Å². The Morgan fingerprint density at radius 2 is 2.12 bits per heavy atom. The predicted molar refractivity (Wildman–Crippen MR) is 56.2 cm³/mol. The highest BCUT2D eigenvalue weighted by molar-refractivity contribution is 5.45. The van der Waals surface area contributed by atoms with Crippen molar-refractivity contribution >= 4 is 6.47 Å². The number of aromatic nitrogens is 2. The van der Waals surface area contributed by atoms with Crippen LogP contribution in [0.1, 0.15) is 5.69 Å². The average Bonchev–Trinajstić information content (AvgIpc) is 2.74. The molecule has 0 aliphatic heterocycles. The van der Waals surface area contributed by atoms with Gasteiger partial charge in [-0.1, -0.05) is 18.2 Å². The molecule has 2 aromatic rings. The Balaban J connectivity index is 2.46. The van der Waals surface area contributed by atoms with E-state index in [0.717, 1.165) is 5.69 Å². The van der Waals surface area contributed by atoms with Crippen LogP contribution in [0.15, 0.2) is 36.4 Å². The number of aliphatic hydroxyl groups excluding tert-OH is 1. The van der Waals surface area contributed by atoms with Crippen LogP contribution in [-0.4, -0.2) is 21.4 Å². The summed E-state index contributed by atoms with van der Waals surface area (Å²) in [6.07, 6.45) is 0. The fraction of sp³-hybridized carbons (Fsp3) is 0.0909. The molecule has 82 valence electrons. The lowest BCUT2D eigenvalue weighted by molar-refractivity contribution is -0.121. The third-order valence-electron chi connectivity index (χ3n) is 2.06. The van der Waals surface area contributed by atoms with Gasteiger partial charge in [-0.25, -0.2) is 4.68 Å². The first kappa shape index (κ1) is 10.4. The molecule has 0 unspecified atom stereocenters. The van der Waals surface area contributed by atoms with Crippen molar-refractivity contribution in [3.05, 3.63) is 42.1 Å². The average molecular weight is 218 g/mol. The van der Waals surface area contributed by atoms with Crippen LogP contribution in [0.25, 0.3) is 5.69 Å². The van der Waals surface area contributed by atoms with E-state index >= 15 is 0 Å². The Morgan fingerprint density at radius 3 is 2.75 bits per heavy atom. The second kappa shape index (κ2) is 4.59. The minimum Gasteiger partial charge on any atom is -0.410 e. The van der Waals surface area contributed by atoms with E-state index in [4.69, 9.17) is 9.84 Å². The molecule has 5 heteroatoms. The monoisotopic (exact) mass is 218 g/mol. The maximum atomic E-state index is 10.3. The number of hydrogen-bond acceptors (Lipinski definition) is 4. The number of carbonyl (C=O) groups excluding carboxylic acids is 1. The van der Waals surface area contributed by atoms with Gasteiger partial charge in [0.25, 0.3) is 6.47 Å². The van der Waals surface area contributed by atoms with Crippen molar-refractivity contribution in [3.63, 3.8) is 0 Å². The molecule has 2 rings (SSSR count). The van der Waals surface area contributed by atoms with Crippen molar-refractivity contribution in [2.24, 2.45) is 0 Å². The van der Waals surface area contributed by atoms with Gasteiger partial charge in [-0.3, -0.25) is 4.79 Å². The molecule has 1 aromatic heterocycles. The van der Waals surface area contributed by atoms with Crippen LogP contribution in [0.4, 0.5) is 0 Å². The van der Waals surface area contributed by atoms with Crippen molar-refractivity contribution in [1.29, 1.82) is 0 Å². The molecule has 0 atom stereocenters. The van der Waals surface area contributed by atoms with Crippen LogP contribution in [0, 0.1) is 0 Å². The van der Waals surface area contributed by atoms with Crippen LogP contribution in [0.5, 0.6) is 5.88 Å². The summed E-state index contributed by atoms with van der Waals surface area (Å²) in [6, 6.07) is 10.7. The Kier molecular flexibility index (Phi) is 2.98. The molecular formula is C11H10N2O3. The van der Waals surface area contributed by atoms with Crippen molar-refractivity contribution in [1.82, 2.24) is 9.78 Å². The van der Waals surface area contributed by atoms with Gasteiger partial charge < -0.3 is 9.84 Å². The first-order valence-corrected chi connectivity index (χ1v) is 4.70. The summed E-state index contributed by atoms with van der Waals surface area (Å²) in [7, 11) is 0. The summed E-state index contributed by atoms with van der Waals surface area (Å²) in [5, 5.41) is 13.1. The SMILES string of the molecule is O=COc1cc(CO)nn1-c1ccccc1. The summed E-state index contributed by atoms with van der Waals surface area (Å²) in [4.78, 5) is 10.3. The number of ether oxygens (including phenoxy) is 1. The van der Waals surface area contributed by atoms with Gasteiger partial charge in [-0.05, 0) is 12.1 Å². The van der Waals surface area contributed by atoms with Gasteiger partial charge in [0.05, 0.1) is 18.0 Å². The Labute approximate surface area is 91.9 Å². The van der Waals surface area contributed by atoms with E-state index in [2.05, 4.69) is 5.10 Å². The van der Waals surface area contributed by atoms with E-state index in [-0.39, 0.29) is 12.5 Å². The van der Waals surface area contributed by atoms with Gasteiger partial charge >= 0.3 is 0 Å². The predicted octanol–water partition coefficient (Wildman–Crippen LogP) is 0.900. The Morgan fingerprint density at radius 1 is 1.38 bits per heavy atom. The van der Waals surface area contributed by atoms with Gasteiger partial charge in [0.15, 0.2) is 0 Å². The van der Waals surface area contributed by atoms with Crippen LogP contribution < -0.4 is 4.74 Å². The molecule has 0 aliphatic rings. The van der Waals surface area contributed by atoms with Crippen LogP contribution in [-0.2, 0) is 11.4 Å². The molecule has 16 heavy (non-hydrogen) atoms. The highest BCUT2D eigenvalue weighted by atomic mass is 16.5. The van der Waals surface area contributed by atoms with Gasteiger partial charge in [-0.2, -0.15) is 5.10 Å². The highest BCUT2D eigenvalue weighted by Gasteiger charge is 2.09. The molecule has 1 N–H and O–H groups in total. The molecular weight excluding hydrogens is 208 g/mol. The third kappa shape index (κ3) is 1.94. The fourth-order valence-electron chi connectivity index (χ4n) is 1.37. The van der Waals surface area contributed by atoms with E-state index in [1.807, 2.05) is 30.3 Å². The van der Waals surface area contributed by atoms with Crippen LogP contribution in [0.2, 0.25) is 0 Å².